The molecule has 2 N–H and O–H groups in total. The standard InChI is InChI=1S/C12H19N5O/c1-9(2)12(8-18)16-11(7-15-17-13)10-5-3-4-6-14-10/h3-6,9,11-12,16,18H,7-8H2,1-2H3/t11-,12+/m0/s1. The summed E-state index contributed by atoms with van der Waals surface area (Å²) in [6.07, 6.45) is 1.70. The van der Waals surface area contributed by atoms with Crippen LogP contribution < -0.4 is 5.32 Å². The summed E-state index contributed by atoms with van der Waals surface area (Å²) in [6, 6.07) is 5.36. The van der Waals surface area contributed by atoms with Gasteiger partial charge in [0.2, 0.25) is 0 Å². The Bertz CT molecular complexity index is 389. The summed E-state index contributed by atoms with van der Waals surface area (Å²) in [4.78, 5) is 7.02. The van der Waals surface area contributed by atoms with E-state index in [1.54, 1.807) is 6.20 Å². The van der Waals surface area contributed by atoms with Crippen molar-refractivity contribution in [1.82, 2.24) is 10.3 Å². The fourth-order valence-corrected chi connectivity index (χ4v) is 1.65. The normalized spacial score (nSPS) is 14.0. The molecule has 0 unspecified atom stereocenters. The Morgan fingerprint density at radius 2 is 2.28 bits per heavy atom. The van der Waals surface area contributed by atoms with Gasteiger partial charge in [0.1, 0.15) is 0 Å². The van der Waals surface area contributed by atoms with Crippen LogP contribution in [0.3, 0.4) is 0 Å². The fraction of sp³-hybridized carbons (Fsp3) is 0.583. The third kappa shape index (κ3) is 4.33. The largest absolute Gasteiger partial charge is 0.395 e. The molecule has 0 bridgehead atoms. The maximum absolute atomic E-state index is 9.33. The summed E-state index contributed by atoms with van der Waals surface area (Å²) in [7, 11) is 0. The number of azide groups is 1. The second-order valence-corrected chi connectivity index (χ2v) is 4.42. The molecule has 0 spiro atoms. The molecule has 98 valence electrons. The first-order valence-corrected chi connectivity index (χ1v) is 5.97. The molecule has 0 saturated heterocycles. The number of nitrogens with zero attached hydrogens (tertiary/aromatic N) is 4. The molecule has 6 nitrogen and oxygen atoms in total. The monoisotopic (exact) mass is 249 g/mol. The minimum absolute atomic E-state index is 0.0390. The van der Waals surface area contributed by atoms with Crippen molar-refractivity contribution in [2.24, 2.45) is 11.0 Å². The van der Waals surface area contributed by atoms with Crippen LogP contribution in [-0.2, 0) is 0 Å². The maximum Gasteiger partial charge on any atom is 0.0587 e. The molecule has 0 aliphatic rings. The molecule has 0 fully saturated rings. The van der Waals surface area contributed by atoms with Crippen LogP contribution in [0.4, 0.5) is 0 Å². The fourth-order valence-electron chi connectivity index (χ4n) is 1.65. The highest BCUT2D eigenvalue weighted by molar-refractivity contribution is 5.09. The van der Waals surface area contributed by atoms with Crippen LogP contribution in [-0.4, -0.2) is 29.3 Å². The average molecular weight is 249 g/mol. The number of nitrogens with one attached hydrogen (secondary N) is 1. The van der Waals surface area contributed by atoms with E-state index in [1.807, 2.05) is 32.0 Å². The van der Waals surface area contributed by atoms with E-state index in [2.05, 4.69) is 20.3 Å². The Kier molecular flexibility index (Phi) is 6.14. The summed E-state index contributed by atoms with van der Waals surface area (Å²) in [5, 5.41) is 16.2. The summed E-state index contributed by atoms with van der Waals surface area (Å²) in [5.74, 6) is 0.285. The number of aliphatic hydroxyl groups is 1. The molecule has 0 aliphatic carbocycles. The second-order valence-electron chi connectivity index (χ2n) is 4.42. The van der Waals surface area contributed by atoms with E-state index in [0.717, 1.165) is 5.69 Å². The number of pyridine rings is 1. The van der Waals surface area contributed by atoms with Gasteiger partial charge in [0.25, 0.3) is 0 Å². The lowest BCUT2D eigenvalue weighted by atomic mass is 10.0. The van der Waals surface area contributed by atoms with Crippen molar-refractivity contribution in [3.63, 3.8) is 0 Å². The molecule has 18 heavy (non-hydrogen) atoms. The zero-order chi connectivity index (χ0) is 13.4. The third-order valence-electron chi connectivity index (χ3n) is 2.79. The molecule has 0 saturated carbocycles. The number of hydrogen-bond acceptors (Lipinski definition) is 4. The van der Waals surface area contributed by atoms with Crippen LogP contribution in [0, 0.1) is 5.92 Å². The molecular weight excluding hydrogens is 230 g/mol. The van der Waals surface area contributed by atoms with E-state index in [1.165, 1.54) is 0 Å². The van der Waals surface area contributed by atoms with Gasteiger partial charge in [0.15, 0.2) is 0 Å². The van der Waals surface area contributed by atoms with Crippen LogP contribution >= 0.6 is 0 Å². The van der Waals surface area contributed by atoms with Gasteiger partial charge in [-0.1, -0.05) is 25.0 Å². The van der Waals surface area contributed by atoms with Crippen molar-refractivity contribution in [3.8, 4) is 0 Å². The van der Waals surface area contributed by atoms with Gasteiger partial charge in [-0.3, -0.25) is 4.98 Å². The first-order valence-electron chi connectivity index (χ1n) is 5.97. The zero-order valence-corrected chi connectivity index (χ0v) is 10.7. The quantitative estimate of drug-likeness (QED) is 0.440. The van der Waals surface area contributed by atoms with Crippen molar-refractivity contribution < 1.29 is 5.11 Å². The highest BCUT2D eigenvalue weighted by Gasteiger charge is 2.19. The van der Waals surface area contributed by atoms with Crippen LogP contribution in [0.15, 0.2) is 29.5 Å². The van der Waals surface area contributed by atoms with Crippen molar-refractivity contribution in [1.29, 1.82) is 0 Å². The van der Waals surface area contributed by atoms with E-state index >= 15 is 0 Å². The molecule has 0 radical (unpaired) electrons. The Hall–Kier alpha value is -1.62. The SMILES string of the molecule is CC(C)[C@@H](CO)N[C@@H](CN=[N+]=[N-])c1ccccn1. The minimum atomic E-state index is -0.179. The molecule has 1 rings (SSSR count). The molecule has 1 aromatic heterocycles. The lowest BCUT2D eigenvalue weighted by molar-refractivity contribution is 0.199. The van der Waals surface area contributed by atoms with Gasteiger partial charge in [0, 0.05) is 23.7 Å². The zero-order valence-electron chi connectivity index (χ0n) is 10.7. The molecule has 0 aliphatic heterocycles. The summed E-state index contributed by atoms with van der Waals surface area (Å²) in [6.45, 7) is 4.36. The Labute approximate surface area is 107 Å². The first-order chi connectivity index (χ1) is 8.69. The molecule has 0 amide bonds. The molecule has 1 aromatic rings. The molecular formula is C12H19N5O. The Balaban J connectivity index is 2.81. The van der Waals surface area contributed by atoms with Crippen LogP contribution in [0.1, 0.15) is 25.6 Å². The van der Waals surface area contributed by atoms with Gasteiger partial charge in [-0.2, -0.15) is 0 Å². The predicted molar refractivity (Wildman–Crippen MR) is 69.8 cm³/mol. The van der Waals surface area contributed by atoms with Crippen molar-refractivity contribution >= 4 is 0 Å². The van der Waals surface area contributed by atoms with Crippen molar-refractivity contribution in [3.05, 3.63) is 40.5 Å². The second kappa shape index (κ2) is 7.66. The van der Waals surface area contributed by atoms with Gasteiger partial charge in [-0.05, 0) is 23.6 Å². The lowest BCUT2D eigenvalue weighted by Crippen LogP contribution is -2.40. The number of aliphatic hydroxyl groups excluding tert-OH is 1. The van der Waals surface area contributed by atoms with Crippen LogP contribution in [0.2, 0.25) is 0 Å². The van der Waals surface area contributed by atoms with E-state index in [0.29, 0.717) is 0 Å². The van der Waals surface area contributed by atoms with Gasteiger partial charge < -0.3 is 10.4 Å². The molecule has 0 aromatic carbocycles. The van der Waals surface area contributed by atoms with Gasteiger partial charge >= 0.3 is 0 Å². The highest BCUT2D eigenvalue weighted by atomic mass is 16.3. The van der Waals surface area contributed by atoms with E-state index in [-0.39, 0.29) is 31.2 Å². The lowest BCUT2D eigenvalue weighted by Gasteiger charge is -2.25. The van der Waals surface area contributed by atoms with Crippen LogP contribution in [0.5, 0.6) is 0 Å². The molecule has 1 heterocycles. The topological polar surface area (TPSA) is 93.9 Å². The van der Waals surface area contributed by atoms with Gasteiger partial charge in [-0.25, -0.2) is 0 Å². The molecule has 2 atom stereocenters. The van der Waals surface area contributed by atoms with Crippen LogP contribution in [0.25, 0.3) is 10.4 Å². The predicted octanol–water partition coefficient (Wildman–Crippen LogP) is 2.04. The Morgan fingerprint density at radius 1 is 1.50 bits per heavy atom. The van der Waals surface area contributed by atoms with Crippen molar-refractivity contribution in [2.75, 3.05) is 13.2 Å². The number of aromatic nitrogens is 1. The van der Waals surface area contributed by atoms with E-state index in [9.17, 15) is 5.11 Å². The smallest absolute Gasteiger partial charge is 0.0587 e. The van der Waals surface area contributed by atoms with Gasteiger partial charge in [-0.15, -0.1) is 0 Å². The summed E-state index contributed by atoms with van der Waals surface area (Å²) in [5.41, 5.74) is 9.23. The third-order valence-corrected chi connectivity index (χ3v) is 2.79. The van der Waals surface area contributed by atoms with Gasteiger partial charge in [0.05, 0.1) is 18.3 Å². The average Bonchev–Trinajstić information content (AvgIpc) is 2.39. The van der Waals surface area contributed by atoms with E-state index < -0.39 is 0 Å². The first kappa shape index (κ1) is 14.4. The maximum atomic E-state index is 9.33. The number of hydrogen-bond donors (Lipinski definition) is 2. The van der Waals surface area contributed by atoms with Crippen molar-refractivity contribution in [2.45, 2.75) is 25.9 Å². The highest BCUT2D eigenvalue weighted by Crippen LogP contribution is 2.13. The minimum Gasteiger partial charge on any atom is -0.395 e. The molecule has 6 heteroatoms. The Morgan fingerprint density at radius 3 is 2.78 bits per heavy atom. The van der Waals surface area contributed by atoms with E-state index in [4.69, 9.17) is 5.53 Å². The summed E-state index contributed by atoms with van der Waals surface area (Å²) < 4.78 is 0. The number of rotatable bonds is 7. The summed E-state index contributed by atoms with van der Waals surface area (Å²) >= 11 is 0.